The van der Waals surface area contributed by atoms with Gasteiger partial charge >= 0.3 is 11.7 Å². The number of esters is 1. The smallest absolute Gasteiger partial charge is 0.344 e. The Bertz CT molecular complexity index is 892. The van der Waals surface area contributed by atoms with Crippen LogP contribution in [-0.4, -0.2) is 29.4 Å². The first-order valence-corrected chi connectivity index (χ1v) is 8.67. The predicted molar refractivity (Wildman–Crippen MR) is 96.9 cm³/mol. The molecule has 0 heterocycles. The lowest BCUT2D eigenvalue weighted by Crippen LogP contribution is -2.27. The summed E-state index contributed by atoms with van der Waals surface area (Å²) in [5.74, 6) is -1.09. The average molecular weight is 369 g/mol. The number of hydrogen-bond donors (Lipinski definition) is 0. The van der Waals surface area contributed by atoms with Crippen LogP contribution in [0.15, 0.2) is 42.5 Å². The lowest BCUT2D eigenvalue weighted by Gasteiger charge is -2.13. The number of carbonyl (C=O) groups is 2. The lowest BCUT2D eigenvalue weighted by atomic mass is 10.0. The highest BCUT2D eigenvalue weighted by Crippen LogP contribution is 2.26. The summed E-state index contributed by atoms with van der Waals surface area (Å²) in [7, 11) is 0. The van der Waals surface area contributed by atoms with Crippen molar-refractivity contribution in [2.75, 3.05) is 6.61 Å². The Balaban J connectivity index is 1.58. The van der Waals surface area contributed by atoms with Gasteiger partial charge in [-0.05, 0) is 49.4 Å². The normalized spacial score (nSPS) is 13.5. The molecule has 0 aliphatic heterocycles. The molecule has 1 aliphatic carbocycles. The van der Waals surface area contributed by atoms with Crippen molar-refractivity contribution in [1.82, 2.24) is 0 Å². The Hall–Kier alpha value is -3.22. The minimum absolute atomic E-state index is 0.0305. The molecular formula is C20H19NO6. The largest absolute Gasteiger partial charge is 0.475 e. The highest BCUT2D eigenvalue weighted by atomic mass is 16.6. The quantitative estimate of drug-likeness (QED) is 0.322. The summed E-state index contributed by atoms with van der Waals surface area (Å²) < 4.78 is 10.3. The Morgan fingerprint density at radius 3 is 2.67 bits per heavy atom. The molecule has 0 bridgehead atoms. The maximum absolute atomic E-state index is 12.5. The van der Waals surface area contributed by atoms with E-state index in [0.29, 0.717) is 5.56 Å². The van der Waals surface area contributed by atoms with E-state index in [1.165, 1.54) is 36.2 Å². The molecule has 0 aromatic heterocycles. The molecule has 140 valence electrons. The fourth-order valence-electron chi connectivity index (χ4n) is 3.11. The van der Waals surface area contributed by atoms with Crippen LogP contribution in [0.4, 0.5) is 5.69 Å². The molecular weight excluding hydrogens is 350 g/mol. The summed E-state index contributed by atoms with van der Waals surface area (Å²) in [5, 5.41) is 10.9. The van der Waals surface area contributed by atoms with Gasteiger partial charge in [0.1, 0.15) is 0 Å². The lowest BCUT2D eigenvalue weighted by molar-refractivity contribution is -0.385. The van der Waals surface area contributed by atoms with Gasteiger partial charge in [-0.25, -0.2) is 4.79 Å². The Labute approximate surface area is 156 Å². The minimum Gasteiger partial charge on any atom is -0.475 e. The number of carbonyl (C=O) groups excluding carboxylic acids is 2. The predicted octanol–water partition coefficient (Wildman–Crippen LogP) is 3.28. The van der Waals surface area contributed by atoms with Gasteiger partial charge in [0.25, 0.3) is 0 Å². The number of aryl methyl sites for hydroxylation is 2. The van der Waals surface area contributed by atoms with Crippen molar-refractivity contribution in [3.05, 3.63) is 69.3 Å². The van der Waals surface area contributed by atoms with Crippen molar-refractivity contribution >= 4 is 17.4 Å². The highest BCUT2D eigenvalue weighted by molar-refractivity contribution is 6.00. The number of nitrogens with zero attached hydrogens (tertiary/aromatic N) is 1. The van der Waals surface area contributed by atoms with Crippen molar-refractivity contribution in [1.29, 1.82) is 0 Å². The zero-order valence-electron chi connectivity index (χ0n) is 14.8. The van der Waals surface area contributed by atoms with Gasteiger partial charge in [0, 0.05) is 11.6 Å². The van der Waals surface area contributed by atoms with Gasteiger partial charge in [-0.2, -0.15) is 0 Å². The topological polar surface area (TPSA) is 95.7 Å². The molecule has 1 aliphatic rings. The second kappa shape index (κ2) is 7.99. The van der Waals surface area contributed by atoms with Crippen molar-refractivity contribution in [2.45, 2.75) is 32.3 Å². The zero-order chi connectivity index (χ0) is 19.4. The summed E-state index contributed by atoms with van der Waals surface area (Å²) >= 11 is 0. The van der Waals surface area contributed by atoms with Crippen LogP contribution >= 0.6 is 0 Å². The number of nitro groups is 1. The number of fused-ring (bicyclic) bond motifs is 1. The van der Waals surface area contributed by atoms with Crippen molar-refractivity contribution < 1.29 is 24.0 Å². The first-order valence-electron chi connectivity index (χ1n) is 8.67. The minimum atomic E-state index is -0.966. The summed E-state index contributed by atoms with van der Waals surface area (Å²) in [6, 6.07) is 11.3. The summed E-state index contributed by atoms with van der Waals surface area (Å²) in [4.78, 5) is 34.8. The van der Waals surface area contributed by atoms with Gasteiger partial charge in [0.2, 0.25) is 5.78 Å². The summed E-state index contributed by atoms with van der Waals surface area (Å²) in [5.41, 5.74) is 2.69. The van der Waals surface area contributed by atoms with E-state index in [-0.39, 0.29) is 17.2 Å². The SMILES string of the molecule is C[C@@H](OC(=O)COc1ccccc1[N+](=O)[O-])C(=O)c1ccc2c(c1)CCC2. The molecule has 0 unspecified atom stereocenters. The van der Waals surface area contributed by atoms with Crippen LogP contribution in [0.5, 0.6) is 5.75 Å². The van der Waals surface area contributed by atoms with Crippen LogP contribution in [-0.2, 0) is 22.4 Å². The second-order valence-electron chi connectivity index (χ2n) is 6.35. The van der Waals surface area contributed by atoms with Gasteiger partial charge in [-0.3, -0.25) is 14.9 Å². The van der Waals surface area contributed by atoms with Crippen LogP contribution in [0.25, 0.3) is 0 Å². The fraction of sp³-hybridized carbons (Fsp3) is 0.300. The number of para-hydroxylation sites is 2. The molecule has 0 fully saturated rings. The molecule has 2 aromatic carbocycles. The van der Waals surface area contributed by atoms with Crippen molar-refractivity contribution in [3.63, 3.8) is 0 Å². The maximum Gasteiger partial charge on any atom is 0.344 e. The van der Waals surface area contributed by atoms with Gasteiger partial charge in [-0.15, -0.1) is 0 Å². The van der Waals surface area contributed by atoms with Crippen LogP contribution in [0, 0.1) is 10.1 Å². The zero-order valence-corrected chi connectivity index (χ0v) is 14.8. The maximum atomic E-state index is 12.5. The van der Waals surface area contributed by atoms with E-state index in [0.717, 1.165) is 19.3 Å². The van der Waals surface area contributed by atoms with Gasteiger partial charge in [0.05, 0.1) is 4.92 Å². The first-order chi connectivity index (χ1) is 13.0. The number of hydrogen-bond acceptors (Lipinski definition) is 6. The number of rotatable bonds is 7. The molecule has 3 rings (SSSR count). The first kappa shape index (κ1) is 18.6. The standard InChI is InChI=1S/C20H19NO6/c1-13(20(23)16-10-9-14-5-4-6-15(14)11-16)27-19(22)12-26-18-8-3-2-7-17(18)21(24)25/h2-3,7-11,13H,4-6,12H2,1H3/t13-/m1/s1. The Kier molecular flexibility index (Phi) is 5.49. The number of benzene rings is 2. The van der Waals surface area contributed by atoms with Gasteiger partial charge in [0.15, 0.2) is 18.5 Å². The van der Waals surface area contributed by atoms with Crippen LogP contribution in [0.2, 0.25) is 0 Å². The van der Waals surface area contributed by atoms with E-state index in [1.807, 2.05) is 12.1 Å². The Morgan fingerprint density at radius 1 is 1.15 bits per heavy atom. The monoisotopic (exact) mass is 369 g/mol. The van der Waals surface area contributed by atoms with Crippen LogP contribution < -0.4 is 4.74 Å². The number of Topliss-reactive ketones (excluding diaryl/α,β-unsaturated/α-hetero) is 1. The molecule has 1 atom stereocenters. The Morgan fingerprint density at radius 2 is 1.89 bits per heavy atom. The van der Waals surface area contributed by atoms with E-state index in [2.05, 4.69) is 0 Å². The molecule has 0 saturated heterocycles. The van der Waals surface area contributed by atoms with Crippen molar-refractivity contribution in [3.8, 4) is 5.75 Å². The summed E-state index contributed by atoms with van der Waals surface area (Å²) in [6.07, 6.45) is 2.10. The van der Waals surface area contributed by atoms with Gasteiger partial charge < -0.3 is 9.47 Å². The van der Waals surface area contributed by atoms with Crippen LogP contribution in [0.3, 0.4) is 0 Å². The van der Waals surface area contributed by atoms with Gasteiger partial charge in [-0.1, -0.05) is 24.3 Å². The van der Waals surface area contributed by atoms with E-state index in [1.54, 1.807) is 12.1 Å². The number of nitro benzene ring substituents is 1. The number of ketones is 1. The average Bonchev–Trinajstić information content (AvgIpc) is 3.13. The molecule has 0 amide bonds. The molecule has 0 radical (unpaired) electrons. The highest BCUT2D eigenvalue weighted by Gasteiger charge is 2.22. The third kappa shape index (κ3) is 4.31. The van der Waals surface area contributed by atoms with Crippen LogP contribution in [0.1, 0.15) is 34.8 Å². The van der Waals surface area contributed by atoms with Crippen molar-refractivity contribution in [2.24, 2.45) is 0 Å². The summed E-state index contributed by atoms with van der Waals surface area (Å²) in [6.45, 7) is 0.977. The molecule has 7 heteroatoms. The van der Waals surface area contributed by atoms with E-state index in [4.69, 9.17) is 9.47 Å². The fourth-order valence-corrected chi connectivity index (χ4v) is 3.11. The number of ether oxygens (including phenoxy) is 2. The molecule has 0 saturated carbocycles. The third-order valence-corrected chi connectivity index (χ3v) is 4.47. The third-order valence-electron chi connectivity index (χ3n) is 4.47. The molecule has 0 spiro atoms. The molecule has 2 aromatic rings. The van der Waals surface area contributed by atoms with E-state index in [9.17, 15) is 19.7 Å². The molecule has 27 heavy (non-hydrogen) atoms. The van der Waals surface area contributed by atoms with E-state index < -0.39 is 23.6 Å². The van der Waals surface area contributed by atoms with E-state index >= 15 is 0 Å². The molecule has 0 N–H and O–H groups in total. The molecule has 7 nitrogen and oxygen atoms in total. The second-order valence-corrected chi connectivity index (χ2v) is 6.35.